The fraction of sp³-hybridized carbons (Fsp3) is 0.154. The van der Waals surface area contributed by atoms with Gasteiger partial charge in [0, 0.05) is 6.54 Å². The van der Waals surface area contributed by atoms with Crippen molar-refractivity contribution in [3.05, 3.63) is 45.9 Å². The molecule has 0 fully saturated rings. The van der Waals surface area contributed by atoms with Gasteiger partial charge < -0.3 is 15.8 Å². The van der Waals surface area contributed by atoms with Crippen molar-refractivity contribution in [1.29, 1.82) is 0 Å². The summed E-state index contributed by atoms with van der Waals surface area (Å²) < 4.78 is 0. The molecule has 2 rings (SSSR count). The number of aromatic hydroxyl groups is 1. The van der Waals surface area contributed by atoms with E-state index in [-0.39, 0.29) is 5.75 Å². The Labute approximate surface area is 126 Å². The molecule has 1 heterocycles. The van der Waals surface area contributed by atoms with E-state index in [9.17, 15) is 5.11 Å². The van der Waals surface area contributed by atoms with Gasteiger partial charge in [0.1, 0.15) is 11.6 Å². The van der Waals surface area contributed by atoms with Crippen LogP contribution in [0.3, 0.4) is 0 Å². The number of phenols is 1. The van der Waals surface area contributed by atoms with Crippen LogP contribution in [0.5, 0.6) is 5.75 Å². The highest BCUT2D eigenvalue weighted by atomic mass is 35.5. The molecule has 0 bridgehead atoms. The average Bonchev–Trinajstić information content (AvgIpc) is 2.43. The SMILES string of the molecule is NNc1nc(NCCc2ccc(O)cc2)c(Cl)cc1Cl. The first kappa shape index (κ1) is 14.7. The maximum Gasteiger partial charge on any atom is 0.161 e. The molecule has 1 aromatic carbocycles. The summed E-state index contributed by atoms with van der Waals surface area (Å²) in [5.41, 5.74) is 3.50. The summed E-state index contributed by atoms with van der Waals surface area (Å²) in [5.74, 6) is 6.45. The Morgan fingerprint density at radius 2 is 1.75 bits per heavy atom. The lowest BCUT2D eigenvalue weighted by molar-refractivity contribution is 0.475. The van der Waals surface area contributed by atoms with Gasteiger partial charge in [0.25, 0.3) is 0 Å². The van der Waals surface area contributed by atoms with Gasteiger partial charge in [-0.1, -0.05) is 35.3 Å². The molecule has 7 heteroatoms. The Hall–Kier alpha value is -1.69. The molecule has 5 N–H and O–H groups in total. The van der Waals surface area contributed by atoms with Gasteiger partial charge in [0.05, 0.1) is 10.0 Å². The van der Waals surface area contributed by atoms with Crippen LogP contribution in [0.4, 0.5) is 11.6 Å². The summed E-state index contributed by atoms with van der Waals surface area (Å²) >= 11 is 12.0. The number of halogens is 2. The van der Waals surface area contributed by atoms with E-state index in [1.807, 2.05) is 12.1 Å². The predicted molar refractivity (Wildman–Crippen MR) is 82.4 cm³/mol. The van der Waals surface area contributed by atoms with Crippen LogP contribution < -0.4 is 16.6 Å². The molecular formula is C13H14Cl2N4O. The number of hydrazine groups is 1. The Kier molecular flexibility index (Phi) is 4.89. The van der Waals surface area contributed by atoms with Crippen LogP contribution in [0.25, 0.3) is 0 Å². The number of rotatable bonds is 5. The van der Waals surface area contributed by atoms with Gasteiger partial charge in [-0.25, -0.2) is 10.8 Å². The lowest BCUT2D eigenvalue weighted by Crippen LogP contribution is -2.12. The number of anilines is 2. The van der Waals surface area contributed by atoms with E-state index in [1.54, 1.807) is 18.2 Å². The highest BCUT2D eigenvalue weighted by Crippen LogP contribution is 2.28. The molecule has 0 radical (unpaired) electrons. The quantitative estimate of drug-likeness (QED) is 0.504. The van der Waals surface area contributed by atoms with E-state index in [0.29, 0.717) is 28.2 Å². The van der Waals surface area contributed by atoms with Crippen molar-refractivity contribution >= 4 is 34.8 Å². The molecule has 106 valence electrons. The number of nitrogens with two attached hydrogens (primary N) is 1. The molecular weight excluding hydrogens is 299 g/mol. The first-order valence-corrected chi connectivity index (χ1v) is 6.70. The topological polar surface area (TPSA) is 83.2 Å². The van der Waals surface area contributed by atoms with Gasteiger partial charge in [-0.05, 0) is 30.2 Å². The highest BCUT2D eigenvalue weighted by Gasteiger charge is 2.08. The van der Waals surface area contributed by atoms with Crippen LogP contribution >= 0.6 is 23.2 Å². The summed E-state index contributed by atoms with van der Waals surface area (Å²) in [6.45, 7) is 0.642. The van der Waals surface area contributed by atoms with Gasteiger partial charge in [0.2, 0.25) is 0 Å². The second kappa shape index (κ2) is 6.65. The average molecular weight is 313 g/mol. The third-order valence-corrected chi connectivity index (χ3v) is 3.28. The minimum atomic E-state index is 0.253. The van der Waals surface area contributed by atoms with Crippen LogP contribution in [-0.4, -0.2) is 16.6 Å². The number of pyridine rings is 1. The van der Waals surface area contributed by atoms with Gasteiger partial charge in [-0.3, -0.25) is 0 Å². The van der Waals surface area contributed by atoms with Crippen molar-refractivity contribution in [3.8, 4) is 5.75 Å². The monoisotopic (exact) mass is 312 g/mol. The zero-order valence-electron chi connectivity index (χ0n) is 10.5. The van der Waals surface area contributed by atoms with Gasteiger partial charge in [-0.15, -0.1) is 0 Å². The van der Waals surface area contributed by atoms with Crippen molar-refractivity contribution in [3.63, 3.8) is 0 Å². The van der Waals surface area contributed by atoms with Gasteiger partial charge in [-0.2, -0.15) is 0 Å². The number of hydrogen-bond acceptors (Lipinski definition) is 5. The second-order valence-electron chi connectivity index (χ2n) is 4.14. The highest BCUT2D eigenvalue weighted by molar-refractivity contribution is 6.37. The number of nitrogens with zero attached hydrogens (tertiary/aromatic N) is 1. The molecule has 0 atom stereocenters. The van der Waals surface area contributed by atoms with Crippen LogP contribution in [0.15, 0.2) is 30.3 Å². The molecule has 1 aromatic heterocycles. The van der Waals surface area contributed by atoms with Gasteiger partial charge >= 0.3 is 0 Å². The molecule has 0 unspecified atom stereocenters. The first-order valence-electron chi connectivity index (χ1n) is 5.94. The van der Waals surface area contributed by atoms with Crippen LogP contribution in [0, 0.1) is 0 Å². The van der Waals surface area contributed by atoms with Crippen molar-refractivity contribution in [2.75, 3.05) is 17.3 Å². The zero-order chi connectivity index (χ0) is 14.5. The summed E-state index contributed by atoms with van der Waals surface area (Å²) in [6.07, 6.45) is 0.770. The molecule has 0 aliphatic heterocycles. The third-order valence-electron chi connectivity index (χ3n) is 2.71. The molecule has 2 aromatic rings. The summed E-state index contributed by atoms with van der Waals surface area (Å²) in [6, 6.07) is 8.61. The van der Waals surface area contributed by atoms with E-state index < -0.39 is 0 Å². The zero-order valence-corrected chi connectivity index (χ0v) is 12.0. The fourth-order valence-corrected chi connectivity index (χ4v) is 2.16. The van der Waals surface area contributed by atoms with E-state index in [2.05, 4.69) is 15.7 Å². The van der Waals surface area contributed by atoms with Crippen LogP contribution in [0.1, 0.15) is 5.56 Å². The second-order valence-corrected chi connectivity index (χ2v) is 4.95. The Morgan fingerprint density at radius 1 is 1.10 bits per heavy atom. The largest absolute Gasteiger partial charge is 0.508 e. The Bertz CT molecular complexity index is 590. The molecule has 0 aliphatic carbocycles. The van der Waals surface area contributed by atoms with E-state index in [4.69, 9.17) is 29.0 Å². The number of nitrogens with one attached hydrogen (secondary N) is 2. The number of hydrogen-bond donors (Lipinski definition) is 4. The molecule has 5 nitrogen and oxygen atoms in total. The van der Waals surface area contributed by atoms with E-state index in [0.717, 1.165) is 12.0 Å². The van der Waals surface area contributed by atoms with Crippen molar-refractivity contribution in [1.82, 2.24) is 4.98 Å². The molecule has 0 aliphatic rings. The first-order chi connectivity index (χ1) is 9.60. The van der Waals surface area contributed by atoms with Crippen LogP contribution in [-0.2, 0) is 6.42 Å². The number of benzene rings is 1. The van der Waals surface area contributed by atoms with Gasteiger partial charge in [0.15, 0.2) is 5.82 Å². The molecule has 0 spiro atoms. The number of phenolic OH excluding ortho intramolecular Hbond substituents is 1. The fourth-order valence-electron chi connectivity index (χ4n) is 1.68. The predicted octanol–water partition coefficient (Wildman–Crippen LogP) is 3.03. The number of nitrogen functional groups attached to an aromatic ring is 1. The smallest absolute Gasteiger partial charge is 0.161 e. The normalized spacial score (nSPS) is 10.3. The molecule has 0 saturated carbocycles. The molecule has 20 heavy (non-hydrogen) atoms. The Balaban J connectivity index is 1.98. The lowest BCUT2D eigenvalue weighted by Gasteiger charge is -2.10. The minimum Gasteiger partial charge on any atom is -0.508 e. The van der Waals surface area contributed by atoms with E-state index in [1.165, 1.54) is 0 Å². The molecule has 0 amide bonds. The third kappa shape index (κ3) is 3.66. The van der Waals surface area contributed by atoms with Crippen molar-refractivity contribution in [2.45, 2.75) is 6.42 Å². The summed E-state index contributed by atoms with van der Waals surface area (Å²) in [5, 5.41) is 13.1. The van der Waals surface area contributed by atoms with Crippen LogP contribution in [0.2, 0.25) is 10.0 Å². The lowest BCUT2D eigenvalue weighted by atomic mass is 10.1. The van der Waals surface area contributed by atoms with Crippen molar-refractivity contribution in [2.24, 2.45) is 5.84 Å². The summed E-state index contributed by atoms with van der Waals surface area (Å²) in [7, 11) is 0. The maximum absolute atomic E-state index is 9.21. The summed E-state index contributed by atoms with van der Waals surface area (Å²) in [4.78, 5) is 4.18. The number of aromatic nitrogens is 1. The standard InChI is InChI=1S/C13H14Cl2N4O/c14-10-7-11(15)13(19-16)18-12(10)17-6-5-8-1-3-9(20)4-2-8/h1-4,7,20H,5-6,16H2,(H2,17,18,19). The van der Waals surface area contributed by atoms with E-state index >= 15 is 0 Å². The minimum absolute atomic E-state index is 0.253. The van der Waals surface area contributed by atoms with Crippen molar-refractivity contribution < 1.29 is 5.11 Å². The molecule has 0 saturated heterocycles. The Morgan fingerprint density at radius 3 is 2.40 bits per heavy atom. The maximum atomic E-state index is 9.21.